The SMILES string of the molecule is CCc1cc(-c2cc(=O)n3cc(N4CCN(C)[C@H](C)C4)ccc3n2)cn2cc(C)nc12. The van der Waals surface area contributed by atoms with Crippen LogP contribution in [-0.4, -0.2) is 56.4 Å². The summed E-state index contributed by atoms with van der Waals surface area (Å²) in [5.41, 5.74) is 6.36. The number of pyridine rings is 2. The lowest BCUT2D eigenvalue weighted by molar-refractivity contribution is 0.234. The Bertz CT molecular complexity index is 1340. The fourth-order valence-electron chi connectivity index (χ4n) is 4.40. The van der Waals surface area contributed by atoms with Gasteiger partial charge in [-0.3, -0.25) is 9.20 Å². The van der Waals surface area contributed by atoms with Crippen LogP contribution < -0.4 is 10.5 Å². The highest BCUT2D eigenvalue weighted by molar-refractivity contribution is 5.66. The van der Waals surface area contributed by atoms with Gasteiger partial charge in [0.15, 0.2) is 0 Å². The van der Waals surface area contributed by atoms with Crippen molar-refractivity contribution in [2.45, 2.75) is 33.2 Å². The molecule has 4 aromatic heterocycles. The first-order valence-electron chi connectivity index (χ1n) is 10.9. The lowest BCUT2D eigenvalue weighted by atomic mass is 10.1. The summed E-state index contributed by atoms with van der Waals surface area (Å²) in [5.74, 6) is 0. The van der Waals surface area contributed by atoms with Gasteiger partial charge in [-0.1, -0.05) is 6.92 Å². The summed E-state index contributed by atoms with van der Waals surface area (Å²) in [4.78, 5) is 27.2. The number of nitrogens with zero attached hydrogens (tertiary/aromatic N) is 6. The Morgan fingerprint density at radius 2 is 1.94 bits per heavy atom. The third kappa shape index (κ3) is 3.49. The minimum atomic E-state index is -0.0658. The highest BCUT2D eigenvalue weighted by Crippen LogP contribution is 2.23. The largest absolute Gasteiger partial charge is 0.367 e. The first kappa shape index (κ1) is 19.8. The zero-order chi connectivity index (χ0) is 21.7. The molecule has 0 aromatic carbocycles. The lowest BCUT2D eigenvalue weighted by Gasteiger charge is -2.39. The molecule has 1 saturated heterocycles. The van der Waals surface area contributed by atoms with Crippen molar-refractivity contribution in [1.29, 1.82) is 0 Å². The maximum atomic E-state index is 13.0. The Morgan fingerprint density at radius 1 is 1.10 bits per heavy atom. The molecule has 0 N–H and O–H groups in total. The van der Waals surface area contributed by atoms with Crippen LogP contribution in [0.5, 0.6) is 0 Å². The molecule has 0 radical (unpaired) electrons. The molecule has 1 aliphatic heterocycles. The smallest absolute Gasteiger partial charge is 0.258 e. The summed E-state index contributed by atoms with van der Waals surface area (Å²) in [5, 5.41) is 0. The molecule has 7 nitrogen and oxygen atoms in total. The molecule has 1 aliphatic rings. The minimum absolute atomic E-state index is 0.0658. The number of piperazine rings is 1. The van der Waals surface area contributed by atoms with Crippen molar-refractivity contribution in [1.82, 2.24) is 23.7 Å². The van der Waals surface area contributed by atoms with Gasteiger partial charge in [0.1, 0.15) is 11.3 Å². The molecule has 5 heterocycles. The van der Waals surface area contributed by atoms with Gasteiger partial charge < -0.3 is 14.2 Å². The molecule has 0 aliphatic carbocycles. The molecule has 31 heavy (non-hydrogen) atoms. The number of fused-ring (bicyclic) bond motifs is 2. The van der Waals surface area contributed by atoms with Gasteiger partial charge in [-0.05, 0) is 51.1 Å². The molecule has 0 saturated carbocycles. The van der Waals surface area contributed by atoms with E-state index in [0.29, 0.717) is 17.4 Å². The standard InChI is InChI=1S/C24H28N6O/c1-5-18-10-19(14-29-12-16(2)25-24(18)29)21-11-23(31)30-15-20(6-7-22(30)26-21)28-9-8-27(4)17(3)13-28/h6-7,10-12,14-15,17H,5,8-9,13H2,1-4H3/t17-/m1/s1. The van der Waals surface area contributed by atoms with E-state index in [-0.39, 0.29) is 5.56 Å². The van der Waals surface area contributed by atoms with Crippen molar-refractivity contribution in [3.63, 3.8) is 0 Å². The predicted molar refractivity (Wildman–Crippen MR) is 124 cm³/mol. The van der Waals surface area contributed by atoms with E-state index in [0.717, 1.165) is 54.2 Å². The van der Waals surface area contributed by atoms with E-state index in [1.165, 1.54) is 0 Å². The second kappa shape index (κ2) is 7.50. The van der Waals surface area contributed by atoms with E-state index in [1.807, 2.05) is 36.0 Å². The van der Waals surface area contributed by atoms with Crippen LogP contribution in [0.2, 0.25) is 0 Å². The number of anilines is 1. The molecular weight excluding hydrogens is 388 g/mol. The summed E-state index contributed by atoms with van der Waals surface area (Å²) >= 11 is 0. The Morgan fingerprint density at radius 3 is 2.71 bits per heavy atom. The molecule has 1 fully saturated rings. The van der Waals surface area contributed by atoms with E-state index >= 15 is 0 Å². The van der Waals surface area contributed by atoms with Gasteiger partial charge in [-0.15, -0.1) is 0 Å². The van der Waals surface area contributed by atoms with Gasteiger partial charge in [0.25, 0.3) is 5.56 Å². The van der Waals surface area contributed by atoms with Crippen LogP contribution in [0.3, 0.4) is 0 Å². The molecular formula is C24H28N6O. The highest BCUT2D eigenvalue weighted by Gasteiger charge is 2.21. The maximum absolute atomic E-state index is 13.0. The lowest BCUT2D eigenvalue weighted by Crippen LogP contribution is -2.50. The molecule has 0 amide bonds. The molecule has 5 rings (SSSR count). The fraction of sp³-hybridized carbons (Fsp3) is 0.375. The highest BCUT2D eigenvalue weighted by atomic mass is 16.1. The molecule has 0 unspecified atom stereocenters. The van der Waals surface area contributed by atoms with Gasteiger partial charge in [0.05, 0.1) is 17.1 Å². The van der Waals surface area contributed by atoms with Crippen LogP contribution >= 0.6 is 0 Å². The number of likely N-dealkylation sites (N-methyl/N-ethyl adjacent to an activating group) is 1. The molecule has 0 spiro atoms. The second-order valence-electron chi connectivity index (χ2n) is 8.59. The van der Waals surface area contributed by atoms with Crippen LogP contribution in [0.25, 0.3) is 22.6 Å². The topological polar surface area (TPSA) is 58.2 Å². The zero-order valence-corrected chi connectivity index (χ0v) is 18.5. The van der Waals surface area contributed by atoms with E-state index in [9.17, 15) is 4.79 Å². The van der Waals surface area contributed by atoms with Crippen LogP contribution in [-0.2, 0) is 6.42 Å². The quantitative estimate of drug-likeness (QED) is 0.514. The van der Waals surface area contributed by atoms with Crippen LogP contribution in [0.1, 0.15) is 25.1 Å². The van der Waals surface area contributed by atoms with E-state index in [1.54, 1.807) is 10.5 Å². The number of aromatic nitrogens is 4. The number of imidazole rings is 1. The molecule has 7 heteroatoms. The third-order valence-electron chi connectivity index (χ3n) is 6.39. The summed E-state index contributed by atoms with van der Waals surface area (Å²) in [6.45, 7) is 9.26. The second-order valence-corrected chi connectivity index (χ2v) is 8.59. The van der Waals surface area contributed by atoms with Gasteiger partial charge >= 0.3 is 0 Å². The average Bonchev–Trinajstić information content (AvgIpc) is 3.14. The summed E-state index contributed by atoms with van der Waals surface area (Å²) in [7, 11) is 2.16. The van der Waals surface area contributed by atoms with E-state index < -0.39 is 0 Å². The first-order chi connectivity index (χ1) is 14.9. The normalized spacial score (nSPS) is 17.7. The summed E-state index contributed by atoms with van der Waals surface area (Å²) < 4.78 is 3.69. The van der Waals surface area contributed by atoms with Gasteiger partial charge in [0.2, 0.25) is 0 Å². The molecule has 4 aromatic rings. The number of aryl methyl sites for hydroxylation is 2. The average molecular weight is 417 g/mol. The molecule has 0 bridgehead atoms. The summed E-state index contributed by atoms with van der Waals surface area (Å²) in [6.07, 6.45) is 6.81. The Hall–Kier alpha value is -3.19. The Labute approximate surface area is 181 Å². The van der Waals surface area contributed by atoms with Crippen LogP contribution in [0.4, 0.5) is 5.69 Å². The van der Waals surface area contributed by atoms with E-state index in [4.69, 9.17) is 4.98 Å². The summed E-state index contributed by atoms with van der Waals surface area (Å²) in [6, 6.07) is 8.23. The van der Waals surface area contributed by atoms with Crippen molar-refractivity contribution in [3.05, 3.63) is 64.5 Å². The number of hydrogen-bond donors (Lipinski definition) is 0. The van der Waals surface area contributed by atoms with Crippen molar-refractivity contribution >= 4 is 17.0 Å². The van der Waals surface area contributed by atoms with Gasteiger partial charge in [-0.2, -0.15) is 0 Å². The van der Waals surface area contributed by atoms with Gasteiger partial charge in [-0.25, -0.2) is 9.97 Å². The first-order valence-corrected chi connectivity index (χ1v) is 10.9. The van der Waals surface area contributed by atoms with Crippen molar-refractivity contribution in [3.8, 4) is 11.3 Å². The van der Waals surface area contributed by atoms with Crippen molar-refractivity contribution in [2.24, 2.45) is 0 Å². The van der Waals surface area contributed by atoms with Crippen molar-refractivity contribution < 1.29 is 0 Å². The number of hydrogen-bond acceptors (Lipinski definition) is 5. The Balaban J connectivity index is 1.56. The number of rotatable bonds is 3. The van der Waals surface area contributed by atoms with Gasteiger partial charge in [0, 0.05) is 55.9 Å². The molecule has 1 atom stereocenters. The third-order valence-corrected chi connectivity index (χ3v) is 6.39. The Kier molecular flexibility index (Phi) is 4.78. The van der Waals surface area contributed by atoms with Crippen LogP contribution in [0.15, 0.2) is 47.7 Å². The minimum Gasteiger partial charge on any atom is -0.367 e. The van der Waals surface area contributed by atoms with Crippen LogP contribution in [0, 0.1) is 6.92 Å². The fourth-order valence-corrected chi connectivity index (χ4v) is 4.40. The predicted octanol–water partition coefficient (Wildman–Crippen LogP) is 3.02. The van der Waals surface area contributed by atoms with E-state index in [2.05, 4.69) is 47.8 Å². The maximum Gasteiger partial charge on any atom is 0.258 e. The zero-order valence-electron chi connectivity index (χ0n) is 18.5. The van der Waals surface area contributed by atoms with Crippen molar-refractivity contribution in [2.75, 3.05) is 31.6 Å². The monoisotopic (exact) mass is 416 g/mol. The molecule has 160 valence electrons.